The maximum atomic E-state index is 13.7. The molecule has 3 N–H and O–H groups in total. The van der Waals surface area contributed by atoms with Gasteiger partial charge in [-0.2, -0.15) is 0 Å². The number of nitrogens with one attached hydrogen (secondary N) is 3. The van der Waals surface area contributed by atoms with Crippen molar-refractivity contribution in [2.75, 3.05) is 20.1 Å². The third-order valence-electron chi connectivity index (χ3n) is 7.15. The number of carbonyl (C=O) groups excluding carboxylic acids is 4. The molecule has 1 aliphatic rings. The topological polar surface area (TPSA) is 111 Å². The standard InChI is InChI=1S/C31H39Cl2N5O4/c1-20(34-5)28(40)36-27(31(2,3)4)29(41)35-19-26(39)38-16-15-37(14-13-21-9-7-6-8-10-21)30(42)25(38)18-22-11-12-23(32)24(33)17-22/h6-12,15-17,20,25,27,34H,13-14,18-19H2,1-5H3,(H,35,41)(H,36,40)/t20-,25-,27+/m0/s1. The number of halogens is 2. The molecule has 2 aromatic carbocycles. The van der Waals surface area contributed by atoms with Crippen molar-refractivity contribution in [3.8, 4) is 0 Å². The summed E-state index contributed by atoms with van der Waals surface area (Å²) in [5, 5.41) is 9.01. The lowest BCUT2D eigenvalue weighted by Crippen LogP contribution is -2.58. The van der Waals surface area contributed by atoms with Crippen molar-refractivity contribution in [3.05, 3.63) is 82.1 Å². The highest BCUT2D eigenvalue weighted by Crippen LogP contribution is 2.25. The van der Waals surface area contributed by atoms with Gasteiger partial charge < -0.3 is 25.8 Å². The van der Waals surface area contributed by atoms with Gasteiger partial charge in [0.15, 0.2) is 0 Å². The lowest BCUT2D eigenvalue weighted by atomic mass is 9.86. The van der Waals surface area contributed by atoms with Crippen molar-refractivity contribution >= 4 is 46.8 Å². The molecular formula is C31H39Cl2N5O4. The molecule has 0 saturated carbocycles. The summed E-state index contributed by atoms with van der Waals surface area (Å²) in [6.45, 7) is 7.25. The molecule has 0 bridgehead atoms. The van der Waals surface area contributed by atoms with E-state index in [2.05, 4.69) is 16.0 Å². The summed E-state index contributed by atoms with van der Waals surface area (Å²) in [6, 6.07) is 12.7. The normalized spacial score (nSPS) is 16.6. The Hall–Kier alpha value is -3.40. The van der Waals surface area contributed by atoms with Crippen molar-refractivity contribution < 1.29 is 19.2 Å². The van der Waals surface area contributed by atoms with Gasteiger partial charge in [0.2, 0.25) is 23.6 Å². The third-order valence-corrected chi connectivity index (χ3v) is 7.89. The fourth-order valence-electron chi connectivity index (χ4n) is 4.48. The minimum atomic E-state index is -0.882. The number of carbonyl (C=O) groups is 4. The molecule has 0 aliphatic carbocycles. The van der Waals surface area contributed by atoms with Crippen LogP contribution in [0.4, 0.5) is 0 Å². The van der Waals surface area contributed by atoms with Gasteiger partial charge in [0.25, 0.3) is 0 Å². The Labute approximate surface area is 257 Å². The lowest BCUT2D eigenvalue weighted by molar-refractivity contribution is -0.143. The van der Waals surface area contributed by atoms with Crippen LogP contribution in [0.2, 0.25) is 10.0 Å². The van der Waals surface area contributed by atoms with E-state index in [1.54, 1.807) is 49.5 Å². The van der Waals surface area contributed by atoms with Gasteiger partial charge in [0, 0.05) is 25.4 Å². The number of nitrogens with zero attached hydrogens (tertiary/aromatic N) is 2. The van der Waals surface area contributed by atoms with Crippen molar-refractivity contribution in [3.63, 3.8) is 0 Å². The fraction of sp³-hybridized carbons (Fsp3) is 0.419. The Morgan fingerprint density at radius 3 is 2.26 bits per heavy atom. The van der Waals surface area contributed by atoms with Crippen LogP contribution in [-0.4, -0.2) is 71.7 Å². The molecule has 0 fully saturated rings. The van der Waals surface area contributed by atoms with Crippen molar-refractivity contribution in [2.24, 2.45) is 5.41 Å². The molecule has 0 unspecified atom stereocenters. The SMILES string of the molecule is CN[C@@H](C)C(=O)N[C@H](C(=O)NCC(=O)N1C=CN(CCc2ccccc2)C(=O)[C@@H]1Cc1ccc(Cl)c(Cl)c1)C(C)(C)C. The van der Waals surface area contributed by atoms with Gasteiger partial charge in [-0.05, 0) is 49.1 Å². The number of likely N-dealkylation sites (N-methyl/N-ethyl adjacent to an activating group) is 1. The average Bonchev–Trinajstić information content (AvgIpc) is 2.96. The van der Waals surface area contributed by atoms with E-state index in [0.717, 1.165) is 11.1 Å². The molecular weight excluding hydrogens is 577 g/mol. The third kappa shape index (κ3) is 8.80. The number of benzene rings is 2. The summed E-state index contributed by atoms with van der Waals surface area (Å²) in [5.74, 6) is -1.55. The van der Waals surface area contributed by atoms with E-state index >= 15 is 0 Å². The largest absolute Gasteiger partial charge is 0.345 e. The average molecular weight is 617 g/mol. The smallest absolute Gasteiger partial charge is 0.250 e. The molecule has 0 aromatic heterocycles. The maximum absolute atomic E-state index is 13.7. The highest BCUT2D eigenvalue weighted by molar-refractivity contribution is 6.42. The van der Waals surface area contributed by atoms with E-state index < -0.39 is 35.4 Å². The van der Waals surface area contributed by atoms with Gasteiger partial charge in [-0.1, -0.05) is 80.4 Å². The molecule has 0 radical (unpaired) electrons. The van der Waals surface area contributed by atoms with E-state index in [1.165, 1.54) is 4.90 Å². The summed E-state index contributed by atoms with van der Waals surface area (Å²) in [4.78, 5) is 55.7. The molecule has 0 saturated heterocycles. The highest BCUT2D eigenvalue weighted by atomic mass is 35.5. The van der Waals surface area contributed by atoms with Crippen LogP contribution in [0.5, 0.6) is 0 Å². The van der Waals surface area contributed by atoms with Crippen LogP contribution in [0.1, 0.15) is 38.8 Å². The van der Waals surface area contributed by atoms with E-state index in [0.29, 0.717) is 23.0 Å². The molecule has 42 heavy (non-hydrogen) atoms. The molecule has 226 valence electrons. The van der Waals surface area contributed by atoms with E-state index in [4.69, 9.17) is 23.2 Å². The summed E-state index contributed by atoms with van der Waals surface area (Å²) in [7, 11) is 1.65. The Morgan fingerprint density at radius 2 is 1.64 bits per heavy atom. The van der Waals surface area contributed by atoms with Crippen molar-refractivity contribution in [2.45, 2.75) is 58.7 Å². The lowest BCUT2D eigenvalue weighted by Gasteiger charge is -2.36. The number of rotatable bonds is 11. The maximum Gasteiger partial charge on any atom is 0.250 e. The second-order valence-electron chi connectivity index (χ2n) is 11.4. The van der Waals surface area contributed by atoms with Gasteiger partial charge in [0.05, 0.1) is 22.6 Å². The molecule has 9 nitrogen and oxygen atoms in total. The van der Waals surface area contributed by atoms with Crippen LogP contribution in [0.25, 0.3) is 0 Å². The zero-order chi connectivity index (χ0) is 31.0. The van der Waals surface area contributed by atoms with Crippen LogP contribution >= 0.6 is 23.2 Å². The minimum Gasteiger partial charge on any atom is -0.345 e. The Balaban J connectivity index is 1.77. The predicted molar refractivity (Wildman–Crippen MR) is 165 cm³/mol. The number of amides is 4. The highest BCUT2D eigenvalue weighted by Gasteiger charge is 2.37. The molecule has 1 aliphatic heterocycles. The number of hydrogen-bond donors (Lipinski definition) is 3. The predicted octanol–water partition coefficient (Wildman–Crippen LogP) is 3.54. The van der Waals surface area contributed by atoms with E-state index in [9.17, 15) is 19.2 Å². The molecule has 0 spiro atoms. The Kier molecular flexibility index (Phi) is 11.6. The molecule has 11 heteroatoms. The van der Waals surface area contributed by atoms with Crippen LogP contribution in [-0.2, 0) is 32.0 Å². The summed E-state index contributed by atoms with van der Waals surface area (Å²) in [6.07, 6.45) is 4.00. The van der Waals surface area contributed by atoms with Crippen molar-refractivity contribution in [1.82, 2.24) is 25.8 Å². The van der Waals surface area contributed by atoms with Crippen LogP contribution in [0.15, 0.2) is 60.9 Å². The molecule has 2 aromatic rings. The first-order chi connectivity index (χ1) is 19.8. The first-order valence-corrected chi connectivity index (χ1v) is 14.6. The van der Waals surface area contributed by atoms with Crippen LogP contribution in [0.3, 0.4) is 0 Å². The quantitative estimate of drug-likeness (QED) is 0.358. The first kappa shape index (κ1) is 33.1. The summed E-state index contributed by atoms with van der Waals surface area (Å²) in [5.41, 5.74) is 1.20. The van der Waals surface area contributed by atoms with Crippen molar-refractivity contribution in [1.29, 1.82) is 0 Å². The first-order valence-electron chi connectivity index (χ1n) is 13.8. The van der Waals surface area contributed by atoms with Crippen LogP contribution in [0, 0.1) is 5.41 Å². The van der Waals surface area contributed by atoms with Gasteiger partial charge in [0.1, 0.15) is 12.1 Å². The second kappa shape index (κ2) is 14.7. The zero-order valence-electron chi connectivity index (χ0n) is 24.6. The van der Waals surface area contributed by atoms with Gasteiger partial charge in [-0.15, -0.1) is 0 Å². The van der Waals surface area contributed by atoms with Crippen LogP contribution < -0.4 is 16.0 Å². The molecule has 3 atom stereocenters. The summed E-state index contributed by atoms with van der Waals surface area (Å²) >= 11 is 12.3. The van der Waals surface area contributed by atoms with Gasteiger partial charge in [-0.25, -0.2) is 0 Å². The zero-order valence-corrected chi connectivity index (χ0v) is 26.1. The number of hydrogen-bond acceptors (Lipinski definition) is 5. The Bertz CT molecular complexity index is 1310. The van der Waals surface area contributed by atoms with E-state index in [-0.39, 0.29) is 24.8 Å². The second-order valence-corrected chi connectivity index (χ2v) is 12.2. The molecule has 3 rings (SSSR count). The summed E-state index contributed by atoms with van der Waals surface area (Å²) < 4.78 is 0. The van der Waals surface area contributed by atoms with E-state index in [1.807, 2.05) is 51.1 Å². The molecule has 1 heterocycles. The van der Waals surface area contributed by atoms with Gasteiger partial charge >= 0.3 is 0 Å². The Morgan fingerprint density at radius 1 is 0.952 bits per heavy atom. The minimum absolute atomic E-state index is 0.199. The monoisotopic (exact) mass is 615 g/mol. The fourth-order valence-corrected chi connectivity index (χ4v) is 4.80. The molecule has 4 amide bonds. The van der Waals surface area contributed by atoms with Gasteiger partial charge in [-0.3, -0.25) is 19.2 Å².